The Balaban J connectivity index is 2.25. The summed E-state index contributed by atoms with van der Waals surface area (Å²) in [6.07, 6.45) is 0.553. The molecule has 0 radical (unpaired) electrons. The van der Waals surface area contributed by atoms with Crippen molar-refractivity contribution in [2.75, 3.05) is 6.54 Å². The Morgan fingerprint density at radius 3 is 1.79 bits per heavy atom. The van der Waals surface area contributed by atoms with Gasteiger partial charge in [-0.25, -0.2) is 13.1 Å². The summed E-state index contributed by atoms with van der Waals surface area (Å²) in [6.45, 7) is 14.6. The molecule has 0 heterocycles. The lowest BCUT2D eigenvalue weighted by Gasteiger charge is -2.28. The van der Waals surface area contributed by atoms with Crippen molar-refractivity contribution in [2.45, 2.75) is 70.6 Å². The number of phenols is 1. The fraction of sp³-hybridized carbons (Fsp3) is 0.478. The van der Waals surface area contributed by atoms with Gasteiger partial charge >= 0.3 is 0 Å². The number of nitrogens with one attached hydrogen (secondary N) is 1. The topological polar surface area (TPSA) is 66.4 Å². The summed E-state index contributed by atoms with van der Waals surface area (Å²) >= 11 is 0. The van der Waals surface area contributed by atoms with Gasteiger partial charge in [0.1, 0.15) is 5.75 Å². The third kappa shape index (κ3) is 5.36. The number of sulfonamides is 1. The van der Waals surface area contributed by atoms with Crippen molar-refractivity contribution >= 4 is 10.0 Å². The van der Waals surface area contributed by atoms with Crippen molar-refractivity contribution < 1.29 is 13.5 Å². The predicted octanol–water partition coefficient (Wildman–Crippen LogP) is 4.82. The first-order valence-electron chi connectivity index (χ1n) is 9.65. The van der Waals surface area contributed by atoms with Gasteiger partial charge in [-0.3, -0.25) is 0 Å². The average molecular weight is 404 g/mol. The van der Waals surface area contributed by atoms with Crippen molar-refractivity contribution in [3.63, 3.8) is 0 Å². The number of hydrogen-bond acceptors (Lipinski definition) is 3. The quantitative estimate of drug-likeness (QED) is 0.752. The van der Waals surface area contributed by atoms with Crippen LogP contribution in [-0.4, -0.2) is 20.1 Å². The molecule has 0 spiro atoms. The SMILES string of the molecule is Cc1ccc(S(=O)(=O)NCCc2cc(C(C)(C)C)c(O)c(C(C)(C)C)c2)cc1. The van der Waals surface area contributed by atoms with Gasteiger partial charge in [-0.05, 0) is 53.0 Å². The summed E-state index contributed by atoms with van der Waals surface area (Å²) < 4.78 is 27.7. The summed E-state index contributed by atoms with van der Waals surface area (Å²) in [4.78, 5) is 0.273. The molecule has 0 aromatic heterocycles. The summed E-state index contributed by atoms with van der Waals surface area (Å²) in [7, 11) is -3.53. The molecule has 154 valence electrons. The smallest absolute Gasteiger partial charge is 0.240 e. The minimum atomic E-state index is -3.53. The Bertz CT molecular complexity index is 896. The molecule has 0 saturated heterocycles. The molecule has 28 heavy (non-hydrogen) atoms. The molecule has 0 bridgehead atoms. The van der Waals surface area contributed by atoms with Gasteiger partial charge in [-0.15, -0.1) is 0 Å². The van der Waals surface area contributed by atoms with Crippen molar-refractivity contribution in [3.05, 3.63) is 58.7 Å². The lowest BCUT2D eigenvalue weighted by atomic mass is 9.78. The highest BCUT2D eigenvalue weighted by Gasteiger charge is 2.26. The van der Waals surface area contributed by atoms with Crippen molar-refractivity contribution in [1.82, 2.24) is 4.72 Å². The van der Waals surface area contributed by atoms with E-state index in [1.165, 1.54) is 0 Å². The van der Waals surface area contributed by atoms with Gasteiger partial charge < -0.3 is 5.11 Å². The van der Waals surface area contributed by atoms with Gasteiger partial charge in [-0.2, -0.15) is 0 Å². The zero-order valence-electron chi connectivity index (χ0n) is 18.1. The number of aryl methyl sites for hydroxylation is 1. The Labute approximate surface area is 170 Å². The summed E-state index contributed by atoms with van der Waals surface area (Å²) in [6, 6.07) is 10.8. The molecule has 0 fully saturated rings. The first-order valence-corrected chi connectivity index (χ1v) is 11.1. The van der Waals surface area contributed by atoms with Crippen LogP contribution < -0.4 is 4.72 Å². The molecule has 2 rings (SSSR count). The number of rotatable bonds is 5. The maximum absolute atomic E-state index is 12.5. The molecule has 2 aromatic rings. The normalized spacial score (nSPS) is 13.0. The molecule has 0 unspecified atom stereocenters. The minimum Gasteiger partial charge on any atom is -0.507 e. The highest BCUT2D eigenvalue weighted by atomic mass is 32.2. The molecular formula is C23H33NO3S. The van der Waals surface area contributed by atoms with Crippen molar-refractivity contribution in [1.29, 1.82) is 0 Å². The van der Waals surface area contributed by atoms with Crippen molar-refractivity contribution in [2.24, 2.45) is 0 Å². The van der Waals surface area contributed by atoms with E-state index in [0.717, 1.165) is 22.3 Å². The summed E-state index contributed by atoms with van der Waals surface area (Å²) in [5, 5.41) is 10.8. The number of phenolic OH excluding ortho intramolecular Hbond substituents is 1. The third-order valence-corrected chi connectivity index (χ3v) is 6.30. The van der Waals surface area contributed by atoms with Crippen LogP contribution in [0.4, 0.5) is 0 Å². The second-order valence-electron chi connectivity index (χ2n) is 9.50. The molecular weight excluding hydrogens is 370 g/mol. The third-order valence-electron chi connectivity index (χ3n) is 4.82. The Morgan fingerprint density at radius 2 is 1.36 bits per heavy atom. The van der Waals surface area contributed by atoms with E-state index >= 15 is 0 Å². The molecule has 4 nitrogen and oxygen atoms in total. The number of aromatic hydroxyl groups is 1. The second-order valence-corrected chi connectivity index (χ2v) is 11.3. The molecule has 0 saturated carbocycles. The van der Waals surface area contributed by atoms with Gasteiger partial charge in [-0.1, -0.05) is 71.4 Å². The fourth-order valence-electron chi connectivity index (χ4n) is 3.11. The number of hydrogen-bond donors (Lipinski definition) is 2. The molecule has 0 atom stereocenters. The lowest BCUT2D eigenvalue weighted by molar-refractivity contribution is 0.422. The monoisotopic (exact) mass is 403 g/mol. The van der Waals surface area contributed by atoms with Crippen LogP contribution in [0, 0.1) is 6.92 Å². The van der Waals surface area contributed by atoms with E-state index in [-0.39, 0.29) is 15.7 Å². The van der Waals surface area contributed by atoms with Crippen LogP contribution in [0.5, 0.6) is 5.75 Å². The standard InChI is InChI=1S/C23H33NO3S/c1-16-8-10-18(11-9-16)28(26,27)24-13-12-17-14-19(22(2,3)4)21(25)20(15-17)23(5,6)7/h8-11,14-15,24-25H,12-13H2,1-7H3. The zero-order valence-corrected chi connectivity index (χ0v) is 18.9. The second kappa shape index (κ2) is 7.88. The van der Waals surface area contributed by atoms with E-state index in [1.807, 2.05) is 19.1 Å². The van der Waals surface area contributed by atoms with Gasteiger partial charge in [0.25, 0.3) is 0 Å². The highest BCUT2D eigenvalue weighted by molar-refractivity contribution is 7.89. The lowest BCUT2D eigenvalue weighted by Crippen LogP contribution is -2.26. The molecule has 0 aliphatic heterocycles. The van der Waals surface area contributed by atoms with Gasteiger partial charge in [0, 0.05) is 6.54 Å². The molecule has 2 aromatic carbocycles. The van der Waals surface area contributed by atoms with Crippen molar-refractivity contribution in [3.8, 4) is 5.75 Å². The van der Waals surface area contributed by atoms with Crippen LogP contribution in [0.2, 0.25) is 0 Å². The highest BCUT2D eigenvalue weighted by Crippen LogP contribution is 2.39. The molecule has 5 heteroatoms. The van der Waals surface area contributed by atoms with E-state index in [0.29, 0.717) is 18.7 Å². The Morgan fingerprint density at radius 1 is 0.893 bits per heavy atom. The van der Waals surface area contributed by atoms with Crippen LogP contribution >= 0.6 is 0 Å². The molecule has 0 aliphatic carbocycles. The van der Waals surface area contributed by atoms with E-state index < -0.39 is 10.0 Å². The average Bonchev–Trinajstić information content (AvgIpc) is 2.54. The maximum atomic E-state index is 12.5. The fourth-order valence-corrected chi connectivity index (χ4v) is 4.14. The first-order chi connectivity index (χ1) is 12.7. The maximum Gasteiger partial charge on any atom is 0.240 e. The predicted molar refractivity (Wildman–Crippen MR) is 116 cm³/mol. The summed E-state index contributed by atoms with van der Waals surface area (Å²) in [5.41, 5.74) is 3.39. The van der Waals surface area contributed by atoms with Crippen LogP contribution in [0.3, 0.4) is 0 Å². The zero-order chi connectivity index (χ0) is 21.3. The van der Waals surface area contributed by atoms with Gasteiger partial charge in [0.15, 0.2) is 0 Å². The van der Waals surface area contributed by atoms with E-state index in [1.54, 1.807) is 24.3 Å². The van der Waals surface area contributed by atoms with E-state index in [9.17, 15) is 13.5 Å². The van der Waals surface area contributed by atoms with Crippen LogP contribution in [-0.2, 0) is 27.3 Å². The molecule has 2 N–H and O–H groups in total. The van der Waals surface area contributed by atoms with Crippen LogP contribution in [0.25, 0.3) is 0 Å². The van der Waals surface area contributed by atoms with Crippen LogP contribution in [0.15, 0.2) is 41.3 Å². The van der Waals surface area contributed by atoms with Gasteiger partial charge in [0.05, 0.1) is 4.90 Å². The summed E-state index contributed by atoms with van der Waals surface area (Å²) in [5.74, 6) is 0.337. The minimum absolute atomic E-state index is 0.207. The molecule has 0 aliphatic rings. The van der Waals surface area contributed by atoms with Crippen LogP contribution in [0.1, 0.15) is 63.8 Å². The molecule has 0 amide bonds. The van der Waals surface area contributed by atoms with Gasteiger partial charge in [0.2, 0.25) is 10.0 Å². The Hall–Kier alpha value is -1.85. The largest absolute Gasteiger partial charge is 0.507 e. The first kappa shape index (κ1) is 22.4. The van der Waals surface area contributed by atoms with E-state index in [4.69, 9.17) is 0 Å². The Kier molecular flexibility index (Phi) is 6.31. The number of benzene rings is 2. The van der Waals surface area contributed by atoms with E-state index in [2.05, 4.69) is 46.3 Å².